The second-order valence-corrected chi connectivity index (χ2v) is 6.40. The molecular formula is C19H26N4O4. The maximum absolute atomic E-state index is 12.8. The van der Waals surface area contributed by atoms with Crippen LogP contribution >= 0.6 is 0 Å². The molecule has 8 nitrogen and oxygen atoms in total. The summed E-state index contributed by atoms with van der Waals surface area (Å²) in [5.41, 5.74) is 0.566. The van der Waals surface area contributed by atoms with Gasteiger partial charge in [0, 0.05) is 12.6 Å². The summed E-state index contributed by atoms with van der Waals surface area (Å²) in [6.07, 6.45) is 2.14. The molecule has 0 fully saturated rings. The molecule has 0 atom stereocenters. The molecule has 2 rings (SSSR count). The Labute approximate surface area is 158 Å². The Morgan fingerprint density at radius 1 is 1.22 bits per heavy atom. The van der Waals surface area contributed by atoms with Crippen molar-refractivity contribution in [3.05, 3.63) is 36.6 Å². The van der Waals surface area contributed by atoms with Gasteiger partial charge in [0.15, 0.2) is 5.82 Å². The SMILES string of the molecule is CCOc1ccccc1NC(=O)N(CCC(C)C)CC(=O)Nc1ccon1. The highest BCUT2D eigenvalue weighted by Gasteiger charge is 2.19. The van der Waals surface area contributed by atoms with E-state index >= 15 is 0 Å². The number of urea groups is 1. The molecule has 1 aromatic carbocycles. The number of anilines is 2. The zero-order chi connectivity index (χ0) is 19.6. The summed E-state index contributed by atoms with van der Waals surface area (Å²) >= 11 is 0. The van der Waals surface area contributed by atoms with Gasteiger partial charge in [-0.15, -0.1) is 0 Å². The molecule has 0 bridgehead atoms. The zero-order valence-electron chi connectivity index (χ0n) is 15.9. The standard InChI is InChI=1S/C19H26N4O4/c1-4-26-16-8-6-5-7-15(16)20-19(25)23(11-9-14(2)3)13-18(24)21-17-10-12-27-22-17/h5-8,10,12,14H,4,9,11,13H2,1-3H3,(H,20,25)(H,21,22,24). The van der Waals surface area contributed by atoms with E-state index in [1.54, 1.807) is 12.1 Å². The van der Waals surface area contributed by atoms with Crippen molar-refractivity contribution in [2.45, 2.75) is 27.2 Å². The van der Waals surface area contributed by atoms with Crippen LogP contribution in [0, 0.1) is 5.92 Å². The third-order valence-electron chi connectivity index (χ3n) is 3.73. The van der Waals surface area contributed by atoms with Gasteiger partial charge in [0.1, 0.15) is 18.6 Å². The summed E-state index contributed by atoms with van der Waals surface area (Å²) < 4.78 is 10.2. The van der Waals surface area contributed by atoms with Crippen molar-refractivity contribution in [1.82, 2.24) is 10.1 Å². The number of aromatic nitrogens is 1. The molecule has 0 aliphatic carbocycles. The monoisotopic (exact) mass is 374 g/mol. The van der Waals surface area contributed by atoms with Gasteiger partial charge in [-0.25, -0.2) is 4.79 Å². The van der Waals surface area contributed by atoms with E-state index in [-0.39, 0.29) is 18.5 Å². The van der Waals surface area contributed by atoms with E-state index in [1.807, 2.05) is 19.1 Å². The van der Waals surface area contributed by atoms with E-state index in [0.29, 0.717) is 36.3 Å². The average molecular weight is 374 g/mol. The lowest BCUT2D eigenvalue weighted by atomic mass is 10.1. The number of amides is 3. The van der Waals surface area contributed by atoms with Gasteiger partial charge >= 0.3 is 6.03 Å². The predicted molar refractivity (Wildman–Crippen MR) is 103 cm³/mol. The Morgan fingerprint density at radius 2 is 2.00 bits per heavy atom. The van der Waals surface area contributed by atoms with Gasteiger partial charge in [-0.2, -0.15) is 0 Å². The lowest BCUT2D eigenvalue weighted by Gasteiger charge is -2.24. The zero-order valence-corrected chi connectivity index (χ0v) is 15.9. The third kappa shape index (κ3) is 6.65. The average Bonchev–Trinajstić information content (AvgIpc) is 3.13. The van der Waals surface area contributed by atoms with E-state index in [2.05, 4.69) is 29.6 Å². The molecule has 2 N–H and O–H groups in total. The fourth-order valence-corrected chi connectivity index (χ4v) is 2.34. The quantitative estimate of drug-likeness (QED) is 0.699. The molecule has 2 aromatic rings. The summed E-state index contributed by atoms with van der Waals surface area (Å²) in [5, 5.41) is 9.07. The molecule has 146 valence electrons. The smallest absolute Gasteiger partial charge is 0.322 e. The van der Waals surface area contributed by atoms with E-state index in [9.17, 15) is 9.59 Å². The van der Waals surface area contributed by atoms with Crippen molar-refractivity contribution in [3.8, 4) is 5.75 Å². The Balaban J connectivity index is 2.05. The molecule has 0 unspecified atom stereocenters. The minimum absolute atomic E-state index is 0.0950. The molecule has 0 radical (unpaired) electrons. The summed E-state index contributed by atoms with van der Waals surface area (Å²) in [6.45, 7) is 6.85. The van der Waals surface area contributed by atoms with Crippen molar-refractivity contribution in [1.29, 1.82) is 0 Å². The molecular weight excluding hydrogens is 348 g/mol. The van der Waals surface area contributed by atoms with Crippen LogP contribution in [0.5, 0.6) is 5.75 Å². The molecule has 8 heteroatoms. The van der Waals surface area contributed by atoms with Crippen LogP contribution in [0.15, 0.2) is 41.1 Å². The first-order chi connectivity index (χ1) is 13.0. The number of nitrogens with zero attached hydrogens (tertiary/aromatic N) is 2. The Bertz CT molecular complexity index is 731. The molecule has 1 aromatic heterocycles. The van der Waals surface area contributed by atoms with Gasteiger partial charge in [0.05, 0.1) is 12.3 Å². The van der Waals surface area contributed by atoms with Crippen molar-refractivity contribution in [2.75, 3.05) is 30.3 Å². The molecule has 1 heterocycles. The van der Waals surface area contributed by atoms with Crippen molar-refractivity contribution in [2.24, 2.45) is 5.92 Å². The molecule has 3 amide bonds. The van der Waals surface area contributed by atoms with Gasteiger partial charge in [0.25, 0.3) is 0 Å². The minimum Gasteiger partial charge on any atom is -0.492 e. The molecule has 0 saturated carbocycles. The lowest BCUT2D eigenvalue weighted by molar-refractivity contribution is -0.116. The van der Waals surface area contributed by atoms with Gasteiger partial charge in [-0.3, -0.25) is 4.79 Å². The van der Waals surface area contributed by atoms with Crippen LogP contribution in [0.1, 0.15) is 27.2 Å². The molecule has 0 saturated heterocycles. The summed E-state index contributed by atoms with van der Waals surface area (Å²) in [7, 11) is 0. The summed E-state index contributed by atoms with van der Waals surface area (Å²) in [6, 6.07) is 8.37. The summed E-state index contributed by atoms with van der Waals surface area (Å²) in [4.78, 5) is 26.5. The van der Waals surface area contributed by atoms with E-state index in [1.165, 1.54) is 17.2 Å². The highest BCUT2D eigenvalue weighted by Crippen LogP contribution is 2.24. The maximum atomic E-state index is 12.8. The normalized spacial score (nSPS) is 10.5. The van der Waals surface area contributed by atoms with Crippen molar-refractivity contribution in [3.63, 3.8) is 0 Å². The van der Waals surface area contributed by atoms with Crippen LogP contribution < -0.4 is 15.4 Å². The topological polar surface area (TPSA) is 96.7 Å². The molecule has 0 aliphatic heterocycles. The Morgan fingerprint density at radius 3 is 2.67 bits per heavy atom. The van der Waals surface area contributed by atoms with Crippen LogP contribution in [0.3, 0.4) is 0 Å². The molecule has 27 heavy (non-hydrogen) atoms. The minimum atomic E-state index is -0.363. The number of carbonyl (C=O) groups is 2. The predicted octanol–water partition coefficient (Wildman–Crippen LogP) is 3.59. The second-order valence-electron chi connectivity index (χ2n) is 6.40. The van der Waals surface area contributed by atoms with Crippen LogP contribution in [0.25, 0.3) is 0 Å². The number of para-hydroxylation sites is 2. The van der Waals surface area contributed by atoms with Crippen LogP contribution in [-0.4, -0.2) is 41.7 Å². The number of benzene rings is 1. The number of carbonyl (C=O) groups excluding carboxylic acids is 2. The van der Waals surface area contributed by atoms with Crippen LogP contribution in [0.2, 0.25) is 0 Å². The van der Waals surface area contributed by atoms with E-state index in [0.717, 1.165) is 6.42 Å². The first-order valence-electron chi connectivity index (χ1n) is 8.97. The maximum Gasteiger partial charge on any atom is 0.322 e. The first kappa shape index (κ1) is 20.3. The van der Waals surface area contributed by atoms with Crippen molar-refractivity contribution >= 4 is 23.4 Å². The van der Waals surface area contributed by atoms with Crippen LogP contribution in [-0.2, 0) is 4.79 Å². The van der Waals surface area contributed by atoms with Crippen LogP contribution in [0.4, 0.5) is 16.3 Å². The lowest BCUT2D eigenvalue weighted by Crippen LogP contribution is -2.41. The molecule has 0 spiro atoms. The highest BCUT2D eigenvalue weighted by molar-refractivity contribution is 5.97. The number of rotatable bonds is 9. The first-order valence-corrected chi connectivity index (χ1v) is 8.97. The number of ether oxygens (including phenoxy) is 1. The number of hydrogen-bond acceptors (Lipinski definition) is 5. The third-order valence-corrected chi connectivity index (χ3v) is 3.73. The number of nitrogens with one attached hydrogen (secondary N) is 2. The Hall–Kier alpha value is -3.03. The Kier molecular flexibility index (Phi) is 7.66. The van der Waals surface area contributed by atoms with Crippen molar-refractivity contribution < 1.29 is 18.8 Å². The molecule has 0 aliphatic rings. The summed E-state index contributed by atoms with van der Waals surface area (Å²) in [5.74, 6) is 0.950. The fourth-order valence-electron chi connectivity index (χ4n) is 2.34. The van der Waals surface area contributed by atoms with Gasteiger partial charge < -0.3 is 24.8 Å². The fraction of sp³-hybridized carbons (Fsp3) is 0.421. The largest absolute Gasteiger partial charge is 0.492 e. The second kappa shape index (κ2) is 10.2. The van der Waals surface area contributed by atoms with Gasteiger partial charge in [-0.1, -0.05) is 31.1 Å². The van der Waals surface area contributed by atoms with Gasteiger partial charge in [-0.05, 0) is 31.4 Å². The number of hydrogen-bond donors (Lipinski definition) is 2. The van der Waals surface area contributed by atoms with E-state index in [4.69, 9.17) is 9.26 Å². The highest BCUT2D eigenvalue weighted by atomic mass is 16.5. The van der Waals surface area contributed by atoms with Gasteiger partial charge in [0.2, 0.25) is 5.91 Å². The van der Waals surface area contributed by atoms with E-state index < -0.39 is 0 Å².